The van der Waals surface area contributed by atoms with Gasteiger partial charge in [-0.25, -0.2) is 0 Å². The van der Waals surface area contributed by atoms with E-state index in [4.69, 9.17) is 9.47 Å². The third-order valence-corrected chi connectivity index (χ3v) is 8.64. The van der Waals surface area contributed by atoms with Gasteiger partial charge in [0.15, 0.2) is 0 Å². The molecule has 2 bridgehead atoms. The summed E-state index contributed by atoms with van der Waals surface area (Å²) in [5.41, 5.74) is 0. The van der Waals surface area contributed by atoms with E-state index in [9.17, 15) is 9.59 Å². The normalized spacial score (nSPS) is 26.0. The second-order valence-corrected chi connectivity index (χ2v) is 11.6. The summed E-state index contributed by atoms with van der Waals surface area (Å²) in [5, 5.41) is 0. The molecule has 0 aromatic heterocycles. The zero-order valence-electron chi connectivity index (χ0n) is 23.4. The van der Waals surface area contributed by atoms with Gasteiger partial charge in [-0.2, -0.15) is 0 Å². The van der Waals surface area contributed by atoms with Crippen molar-refractivity contribution >= 4 is 11.9 Å². The van der Waals surface area contributed by atoms with Gasteiger partial charge in [-0.1, -0.05) is 96.8 Å². The van der Waals surface area contributed by atoms with Crippen LogP contribution in [0.3, 0.4) is 0 Å². The number of carbonyl (C=O) groups excluding carboxylic acids is 2. The molecule has 4 unspecified atom stereocenters. The lowest BCUT2D eigenvalue weighted by molar-refractivity contribution is -0.156. The first kappa shape index (κ1) is 29.4. The summed E-state index contributed by atoms with van der Waals surface area (Å²) in [7, 11) is 2.08. The standard InChI is InChI=1S/C30H54N2O4/c1-3-4-5-6-7-8-9-10-11-12-13-14-15-16-17-24-35-30(34)28-26-19-18-25(36-26)27(28)29(33)32-22-20-31(2)21-23-32/h25-28H,3-24H2,1-2H3. The Morgan fingerprint density at radius 3 is 1.69 bits per heavy atom. The minimum Gasteiger partial charge on any atom is -0.465 e. The molecule has 0 saturated carbocycles. The molecule has 0 N–H and O–H groups in total. The third-order valence-electron chi connectivity index (χ3n) is 8.64. The Hall–Kier alpha value is -1.14. The van der Waals surface area contributed by atoms with E-state index < -0.39 is 5.92 Å². The monoisotopic (exact) mass is 506 g/mol. The van der Waals surface area contributed by atoms with Crippen molar-refractivity contribution < 1.29 is 19.1 Å². The molecule has 6 heteroatoms. The average Bonchev–Trinajstić information content (AvgIpc) is 3.50. The number of fused-ring (bicyclic) bond motifs is 2. The van der Waals surface area contributed by atoms with Crippen molar-refractivity contribution in [2.45, 2.75) is 128 Å². The number of carbonyl (C=O) groups is 2. The molecule has 208 valence electrons. The van der Waals surface area contributed by atoms with E-state index in [0.717, 1.165) is 51.9 Å². The lowest BCUT2D eigenvalue weighted by Gasteiger charge is -2.36. The maximum absolute atomic E-state index is 13.3. The number of rotatable bonds is 18. The third kappa shape index (κ3) is 9.31. The Kier molecular flexibility index (Phi) is 13.6. The molecule has 0 spiro atoms. The molecular formula is C30H54N2O4. The second-order valence-electron chi connectivity index (χ2n) is 11.6. The van der Waals surface area contributed by atoms with Crippen LogP contribution in [0.15, 0.2) is 0 Å². The molecule has 3 aliphatic rings. The van der Waals surface area contributed by atoms with Crippen molar-refractivity contribution in [3.63, 3.8) is 0 Å². The van der Waals surface area contributed by atoms with E-state index in [2.05, 4.69) is 18.9 Å². The van der Waals surface area contributed by atoms with Crippen molar-refractivity contribution in [1.82, 2.24) is 9.80 Å². The van der Waals surface area contributed by atoms with Gasteiger partial charge in [0, 0.05) is 26.2 Å². The molecule has 3 fully saturated rings. The van der Waals surface area contributed by atoms with Gasteiger partial charge in [-0.15, -0.1) is 0 Å². The van der Waals surface area contributed by atoms with Crippen LogP contribution in [0, 0.1) is 11.8 Å². The fraction of sp³-hybridized carbons (Fsp3) is 0.933. The zero-order chi connectivity index (χ0) is 25.6. The highest BCUT2D eigenvalue weighted by Gasteiger charge is 2.56. The highest BCUT2D eigenvalue weighted by molar-refractivity contribution is 5.87. The molecule has 0 aliphatic carbocycles. The number of hydrogen-bond donors (Lipinski definition) is 0. The molecule has 36 heavy (non-hydrogen) atoms. The Bertz CT molecular complexity index is 634. The average molecular weight is 507 g/mol. The molecule has 0 radical (unpaired) electrons. The number of piperazine rings is 1. The second kappa shape index (κ2) is 16.7. The van der Waals surface area contributed by atoms with Gasteiger partial charge < -0.3 is 19.3 Å². The summed E-state index contributed by atoms with van der Waals surface area (Å²) in [4.78, 5) is 30.4. The molecule has 1 amide bonds. The lowest BCUT2D eigenvalue weighted by Crippen LogP contribution is -2.52. The quantitative estimate of drug-likeness (QED) is 0.169. The molecule has 6 nitrogen and oxygen atoms in total. The number of unbranched alkanes of at least 4 members (excludes halogenated alkanes) is 14. The van der Waals surface area contributed by atoms with Crippen LogP contribution >= 0.6 is 0 Å². The van der Waals surface area contributed by atoms with Gasteiger partial charge in [0.2, 0.25) is 5.91 Å². The number of nitrogens with zero attached hydrogens (tertiary/aromatic N) is 2. The molecule has 0 aromatic carbocycles. The predicted molar refractivity (Wildman–Crippen MR) is 145 cm³/mol. The smallest absolute Gasteiger partial charge is 0.312 e. The van der Waals surface area contributed by atoms with Crippen LogP contribution in [0.2, 0.25) is 0 Å². The molecule has 3 rings (SSSR count). The fourth-order valence-electron chi connectivity index (χ4n) is 6.27. The Labute approximate surface area is 220 Å². The largest absolute Gasteiger partial charge is 0.465 e. The summed E-state index contributed by atoms with van der Waals surface area (Å²) in [5.74, 6) is -0.864. The summed E-state index contributed by atoms with van der Waals surface area (Å²) in [6.45, 7) is 6.01. The highest BCUT2D eigenvalue weighted by atomic mass is 16.5. The lowest BCUT2D eigenvalue weighted by atomic mass is 9.78. The first-order valence-electron chi connectivity index (χ1n) is 15.4. The summed E-state index contributed by atoms with van der Waals surface area (Å²) >= 11 is 0. The van der Waals surface area contributed by atoms with Crippen LogP contribution in [0.4, 0.5) is 0 Å². The van der Waals surface area contributed by atoms with E-state index in [-0.39, 0.29) is 30.0 Å². The number of likely N-dealkylation sites (N-methyl/N-ethyl adjacent to an activating group) is 1. The highest BCUT2D eigenvalue weighted by Crippen LogP contribution is 2.45. The Balaban J connectivity index is 1.20. The van der Waals surface area contributed by atoms with Crippen LogP contribution in [-0.2, 0) is 19.1 Å². The van der Waals surface area contributed by atoms with Crippen LogP contribution in [-0.4, -0.2) is 73.7 Å². The summed E-state index contributed by atoms with van der Waals surface area (Å²) in [6, 6.07) is 0. The van der Waals surface area contributed by atoms with Crippen LogP contribution in [0.25, 0.3) is 0 Å². The van der Waals surface area contributed by atoms with Crippen molar-refractivity contribution in [3.05, 3.63) is 0 Å². The maximum atomic E-state index is 13.3. The van der Waals surface area contributed by atoms with E-state index in [1.807, 2.05) is 4.90 Å². The van der Waals surface area contributed by atoms with Crippen LogP contribution < -0.4 is 0 Å². The minimum absolute atomic E-state index is 0.101. The zero-order valence-corrected chi connectivity index (χ0v) is 23.4. The topological polar surface area (TPSA) is 59.1 Å². The Morgan fingerprint density at radius 1 is 0.694 bits per heavy atom. The summed E-state index contributed by atoms with van der Waals surface area (Å²) < 4.78 is 11.7. The molecular weight excluding hydrogens is 452 g/mol. The van der Waals surface area contributed by atoms with E-state index in [1.165, 1.54) is 83.5 Å². The number of hydrogen-bond acceptors (Lipinski definition) is 5. The van der Waals surface area contributed by atoms with Crippen molar-refractivity contribution in [2.24, 2.45) is 11.8 Å². The summed E-state index contributed by atoms with van der Waals surface area (Å²) in [6.07, 6.45) is 21.3. The SMILES string of the molecule is CCCCCCCCCCCCCCCCCOC(=O)C1C2CCC(O2)C1C(=O)N1CCN(C)CC1. The van der Waals surface area contributed by atoms with E-state index in [1.54, 1.807) is 0 Å². The van der Waals surface area contributed by atoms with Crippen molar-refractivity contribution in [1.29, 1.82) is 0 Å². The first-order chi connectivity index (χ1) is 17.6. The van der Waals surface area contributed by atoms with Gasteiger partial charge in [-0.3, -0.25) is 9.59 Å². The van der Waals surface area contributed by atoms with Gasteiger partial charge in [-0.05, 0) is 26.3 Å². The molecule has 3 aliphatic heterocycles. The van der Waals surface area contributed by atoms with Crippen LogP contribution in [0.1, 0.15) is 116 Å². The van der Waals surface area contributed by atoms with E-state index >= 15 is 0 Å². The molecule has 0 aromatic rings. The maximum Gasteiger partial charge on any atom is 0.312 e. The van der Waals surface area contributed by atoms with Crippen molar-refractivity contribution in [3.8, 4) is 0 Å². The number of amides is 1. The number of ether oxygens (including phenoxy) is 2. The number of esters is 1. The molecule has 4 atom stereocenters. The van der Waals surface area contributed by atoms with Crippen LogP contribution in [0.5, 0.6) is 0 Å². The molecule has 3 saturated heterocycles. The first-order valence-corrected chi connectivity index (χ1v) is 15.4. The van der Waals surface area contributed by atoms with Gasteiger partial charge in [0.05, 0.1) is 30.7 Å². The fourth-order valence-corrected chi connectivity index (χ4v) is 6.27. The van der Waals surface area contributed by atoms with Gasteiger partial charge in [0.1, 0.15) is 0 Å². The minimum atomic E-state index is -0.410. The predicted octanol–water partition coefficient (Wildman–Crippen LogP) is 5.97. The van der Waals surface area contributed by atoms with Gasteiger partial charge >= 0.3 is 5.97 Å². The van der Waals surface area contributed by atoms with Crippen molar-refractivity contribution in [2.75, 3.05) is 39.8 Å². The van der Waals surface area contributed by atoms with E-state index in [0.29, 0.717) is 6.61 Å². The molecule has 3 heterocycles. The van der Waals surface area contributed by atoms with Gasteiger partial charge in [0.25, 0.3) is 0 Å². The Morgan fingerprint density at radius 2 is 1.17 bits per heavy atom.